The Bertz CT molecular complexity index is 712. The standard InChI is InChI=1S/C16H9N3O3/c17-9-11-1-5-13(6-2-11)15(20)19-22-16(21)14-7-3-12(10-18)4-8-14/h1-8H,(H,19,20). The van der Waals surface area contributed by atoms with Crippen molar-refractivity contribution in [2.24, 2.45) is 0 Å². The molecule has 0 aromatic heterocycles. The number of nitriles is 2. The highest BCUT2D eigenvalue weighted by Crippen LogP contribution is 2.06. The number of nitrogens with one attached hydrogen (secondary N) is 1. The van der Waals surface area contributed by atoms with E-state index in [4.69, 9.17) is 10.5 Å². The Morgan fingerprint density at radius 2 is 1.27 bits per heavy atom. The number of benzene rings is 2. The van der Waals surface area contributed by atoms with Crippen LogP contribution in [0.2, 0.25) is 0 Å². The van der Waals surface area contributed by atoms with Crippen molar-refractivity contribution in [3.63, 3.8) is 0 Å². The molecule has 0 saturated heterocycles. The van der Waals surface area contributed by atoms with Gasteiger partial charge in [0.1, 0.15) is 0 Å². The Hall–Kier alpha value is -3.64. The maximum atomic E-state index is 11.8. The van der Waals surface area contributed by atoms with Crippen molar-refractivity contribution >= 4 is 11.9 Å². The Morgan fingerprint density at radius 1 is 0.818 bits per heavy atom. The van der Waals surface area contributed by atoms with E-state index in [2.05, 4.69) is 4.84 Å². The summed E-state index contributed by atoms with van der Waals surface area (Å²) in [7, 11) is 0. The zero-order chi connectivity index (χ0) is 15.9. The summed E-state index contributed by atoms with van der Waals surface area (Å²) >= 11 is 0. The molecular formula is C16H9N3O3. The second kappa shape index (κ2) is 6.69. The lowest BCUT2D eigenvalue weighted by molar-refractivity contribution is 0.0230. The molecule has 1 amide bonds. The number of hydrogen-bond acceptors (Lipinski definition) is 5. The molecule has 6 nitrogen and oxygen atoms in total. The van der Waals surface area contributed by atoms with Gasteiger partial charge >= 0.3 is 5.97 Å². The molecule has 0 heterocycles. The van der Waals surface area contributed by atoms with E-state index in [9.17, 15) is 9.59 Å². The van der Waals surface area contributed by atoms with Crippen LogP contribution in [0.3, 0.4) is 0 Å². The first-order valence-electron chi connectivity index (χ1n) is 6.16. The lowest BCUT2D eigenvalue weighted by Crippen LogP contribution is -2.27. The molecule has 0 spiro atoms. The van der Waals surface area contributed by atoms with E-state index in [1.165, 1.54) is 48.5 Å². The molecule has 22 heavy (non-hydrogen) atoms. The minimum atomic E-state index is -0.744. The molecule has 0 fully saturated rings. The van der Waals surface area contributed by atoms with Crippen LogP contribution in [0.15, 0.2) is 48.5 Å². The first kappa shape index (κ1) is 14.8. The van der Waals surface area contributed by atoms with Crippen LogP contribution in [0.5, 0.6) is 0 Å². The maximum Gasteiger partial charge on any atom is 0.362 e. The molecule has 0 aliphatic carbocycles. The first-order chi connectivity index (χ1) is 10.6. The third-order valence-corrected chi connectivity index (χ3v) is 2.76. The number of carbonyl (C=O) groups excluding carboxylic acids is 2. The van der Waals surface area contributed by atoms with Crippen molar-refractivity contribution in [2.75, 3.05) is 0 Å². The highest BCUT2D eigenvalue weighted by atomic mass is 16.7. The summed E-state index contributed by atoms with van der Waals surface area (Å²) in [5, 5.41) is 17.3. The number of rotatable bonds is 2. The molecule has 6 heteroatoms. The molecule has 0 aliphatic heterocycles. The van der Waals surface area contributed by atoms with Crippen LogP contribution in [-0.2, 0) is 4.84 Å². The van der Waals surface area contributed by atoms with E-state index in [1.54, 1.807) is 0 Å². The van der Waals surface area contributed by atoms with Gasteiger partial charge in [-0.05, 0) is 48.5 Å². The molecular weight excluding hydrogens is 282 g/mol. The summed E-state index contributed by atoms with van der Waals surface area (Å²) < 4.78 is 0. The van der Waals surface area contributed by atoms with Gasteiger partial charge in [-0.2, -0.15) is 16.0 Å². The Morgan fingerprint density at radius 3 is 1.73 bits per heavy atom. The summed E-state index contributed by atoms with van der Waals surface area (Å²) in [4.78, 5) is 28.2. The predicted octanol–water partition coefficient (Wildman–Crippen LogP) is 1.93. The van der Waals surface area contributed by atoms with Gasteiger partial charge in [0.05, 0.1) is 28.8 Å². The minimum Gasteiger partial charge on any atom is -0.335 e. The average molecular weight is 291 g/mol. The fourth-order valence-corrected chi connectivity index (χ4v) is 1.59. The van der Waals surface area contributed by atoms with Crippen LogP contribution in [0, 0.1) is 22.7 Å². The zero-order valence-corrected chi connectivity index (χ0v) is 11.2. The topological polar surface area (TPSA) is 103 Å². The van der Waals surface area contributed by atoms with Crippen LogP contribution < -0.4 is 5.48 Å². The molecule has 106 valence electrons. The van der Waals surface area contributed by atoms with Gasteiger partial charge in [-0.3, -0.25) is 4.79 Å². The van der Waals surface area contributed by atoms with Crippen molar-refractivity contribution in [3.8, 4) is 12.1 Å². The summed E-state index contributed by atoms with van der Waals surface area (Å²) in [6.07, 6.45) is 0. The molecule has 0 saturated carbocycles. The smallest absolute Gasteiger partial charge is 0.335 e. The van der Waals surface area contributed by atoms with E-state index < -0.39 is 11.9 Å². The zero-order valence-electron chi connectivity index (χ0n) is 11.2. The van der Waals surface area contributed by atoms with Crippen LogP contribution in [0.25, 0.3) is 0 Å². The third kappa shape index (κ3) is 3.47. The lowest BCUT2D eigenvalue weighted by atomic mass is 10.1. The quantitative estimate of drug-likeness (QED) is 0.851. The van der Waals surface area contributed by atoms with E-state index in [0.717, 1.165) is 0 Å². The van der Waals surface area contributed by atoms with Crippen molar-refractivity contribution in [2.45, 2.75) is 0 Å². The second-order valence-corrected chi connectivity index (χ2v) is 4.20. The summed E-state index contributed by atoms with van der Waals surface area (Å²) in [6.45, 7) is 0. The van der Waals surface area contributed by atoms with Gasteiger partial charge < -0.3 is 4.84 Å². The van der Waals surface area contributed by atoms with Crippen LogP contribution in [-0.4, -0.2) is 11.9 Å². The molecule has 0 radical (unpaired) electrons. The van der Waals surface area contributed by atoms with Gasteiger partial charge in [-0.15, -0.1) is 0 Å². The molecule has 2 aromatic carbocycles. The fourth-order valence-electron chi connectivity index (χ4n) is 1.59. The lowest BCUT2D eigenvalue weighted by Gasteiger charge is -2.05. The molecule has 0 unspecified atom stereocenters. The predicted molar refractivity (Wildman–Crippen MR) is 75.2 cm³/mol. The normalized spacial score (nSPS) is 9.18. The van der Waals surface area contributed by atoms with Crippen molar-refractivity contribution < 1.29 is 14.4 Å². The average Bonchev–Trinajstić information content (AvgIpc) is 2.59. The SMILES string of the molecule is N#Cc1ccc(C(=O)NOC(=O)c2ccc(C#N)cc2)cc1. The largest absolute Gasteiger partial charge is 0.362 e. The minimum absolute atomic E-state index is 0.208. The number of hydroxylamine groups is 1. The molecule has 0 bridgehead atoms. The Balaban J connectivity index is 1.96. The van der Waals surface area contributed by atoms with E-state index in [1.807, 2.05) is 17.6 Å². The van der Waals surface area contributed by atoms with Crippen molar-refractivity contribution in [1.29, 1.82) is 10.5 Å². The summed E-state index contributed by atoms with van der Waals surface area (Å²) in [5.41, 5.74) is 3.33. The van der Waals surface area contributed by atoms with E-state index >= 15 is 0 Å². The summed E-state index contributed by atoms with van der Waals surface area (Å²) in [5.74, 6) is -1.35. The Labute approximate surface area is 126 Å². The van der Waals surface area contributed by atoms with Gasteiger partial charge in [0.25, 0.3) is 5.91 Å². The van der Waals surface area contributed by atoms with E-state index in [-0.39, 0.29) is 11.1 Å². The molecule has 0 aliphatic rings. The fraction of sp³-hybridized carbons (Fsp3) is 0. The summed E-state index contributed by atoms with van der Waals surface area (Å²) in [6, 6.07) is 15.5. The molecule has 1 N–H and O–H groups in total. The number of hydrogen-bond donors (Lipinski definition) is 1. The van der Waals surface area contributed by atoms with Gasteiger partial charge in [0.2, 0.25) is 0 Å². The first-order valence-corrected chi connectivity index (χ1v) is 6.16. The molecule has 0 atom stereocenters. The third-order valence-electron chi connectivity index (χ3n) is 2.76. The van der Waals surface area contributed by atoms with Crippen LogP contribution >= 0.6 is 0 Å². The highest BCUT2D eigenvalue weighted by molar-refractivity contribution is 5.96. The van der Waals surface area contributed by atoms with Crippen molar-refractivity contribution in [3.05, 3.63) is 70.8 Å². The Kier molecular flexibility index (Phi) is 4.49. The van der Waals surface area contributed by atoms with Crippen molar-refractivity contribution in [1.82, 2.24) is 5.48 Å². The van der Waals surface area contributed by atoms with E-state index in [0.29, 0.717) is 11.1 Å². The molecule has 2 aromatic rings. The van der Waals surface area contributed by atoms with Gasteiger partial charge in [-0.1, -0.05) is 0 Å². The number of carbonyl (C=O) groups is 2. The highest BCUT2D eigenvalue weighted by Gasteiger charge is 2.11. The maximum absolute atomic E-state index is 11.8. The second-order valence-electron chi connectivity index (χ2n) is 4.20. The van der Waals surface area contributed by atoms with Crippen LogP contribution in [0.4, 0.5) is 0 Å². The van der Waals surface area contributed by atoms with Gasteiger partial charge in [0, 0.05) is 5.56 Å². The number of nitrogens with zero attached hydrogens (tertiary/aromatic N) is 2. The monoisotopic (exact) mass is 291 g/mol. The number of amides is 1. The van der Waals surface area contributed by atoms with Crippen LogP contribution in [0.1, 0.15) is 31.8 Å². The van der Waals surface area contributed by atoms with Gasteiger partial charge in [-0.25, -0.2) is 4.79 Å². The van der Waals surface area contributed by atoms with Gasteiger partial charge in [0.15, 0.2) is 0 Å². The molecule has 2 rings (SSSR count).